The molecule has 0 bridgehead atoms. The number of benzene rings is 1. The number of carbonyl (C=O) groups is 1. The molecule has 1 aromatic heterocycles. The fourth-order valence-electron chi connectivity index (χ4n) is 1.60. The molecule has 0 atom stereocenters. The molecule has 0 aliphatic rings. The average molecular weight is 272 g/mol. The van der Waals surface area contributed by atoms with Gasteiger partial charge in [0.25, 0.3) is 5.91 Å². The molecule has 2 aromatic rings. The van der Waals surface area contributed by atoms with Gasteiger partial charge in [-0.15, -0.1) is 0 Å². The maximum absolute atomic E-state index is 11.6. The van der Waals surface area contributed by atoms with Crippen LogP contribution in [0.15, 0.2) is 47.7 Å². The smallest absolute Gasteiger partial charge is 0.259 e. The minimum absolute atomic E-state index is 0.114. The lowest BCUT2D eigenvalue weighted by Gasteiger charge is -2.09. The number of amides is 1. The van der Waals surface area contributed by atoms with Crippen LogP contribution in [0.3, 0.4) is 0 Å². The van der Waals surface area contributed by atoms with E-state index in [1.807, 2.05) is 36.4 Å². The SMILES string of the molecule is COc1ccccc1NCC(=O)NN=Cc1ccc[nH]1. The van der Waals surface area contributed by atoms with Gasteiger partial charge in [-0.1, -0.05) is 12.1 Å². The van der Waals surface area contributed by atoms with Crippen LogP contribution in [0.25, 0.3) is 0 Å². The van der Waals surface area contributed by atoms with E-state index in [4.69, 9.17) is 4.74 Å². The van der Waals surface area contributed by atoms with E-state index in [2.05, 4.69) is 20.8 Å². The Morgan fingerprint density at radius 1 is 1.35 bits per heavy atom. The number of hydrogen-bond donors (Lipinski definition) is 3. The van der Waals surface area contributed by atoms with Crippen LogP contribution in [-0.4, -0.2) is 30.8 Å². The van der Waals surface area contributed by atoms with Crippen molar-refractivity contribution in [2.45, 2.75) is 0 Å². The summed E-state index contributed by atoms with van der Waals surface area (Å²) in [5.74, 6) is 0.453. The molecule has 3 N–H and O–H groups in total. The van der Waals surface area contributed by atoms with Crippen LogP contribution in [0.2, 0.25) is 0 Å². The number of rotatable bonds is 6. The van der Waals surface area contributed by atoms with Gasteiger partial charge in [-0.3, -0.25) is 4.79 Å². The number of nitrogens with one attached hydrogen (secondary N) is 3. The first-order valence-corrected chi connectivity index (χ1v) is 6.12. The molecule has 1 aromatic carbocycles. The molecular weight excluding hydrogens is 256 g/mol. The number of methoxy groups -OCH3 is 1. The second kappa shape index (κ2) is 6.98. The summed E-state index contributed by atoms with van der Waals surface area (Å²) in [6, 6.07) is 11.1. The van der Waals surface area contributed by atoms with Crippen molar-refractivity contribution < 1.29 is 9.53 Å². The summed E-state index contributed by atoms with van der Waals surface area (Å²) in [6.45, 7) is 0.114. The van der Waals surface area contributed by atoms with Gasteiger partial charge in [0.2, 0.25) is 0 Å². The number of ether oxygens (including phenoxy) is 1. The fraction of sp³-hybridized carbons (Fsp3) is 0.143. The Kier molecular flexibility index (Phi) is 4.77. The largest absolute Gasteiger partial charge is 0.495 e. The topological polar surface area (TPSA) is 78.5 Å². The van der Waals surface area contributed by atoms with E-state index >= 15 is 0 Å². The molecule has 0 fully saturated rings. The number of carbonyl (C=O) groups excluding carboxylic acids is 1. The fourth-order valence-corrected chi connectivity index (χ4v) is 1.60. The quantitative estimate of drug-likeness (QED) is 0.552. The molecule has 0 aliphatic heterocycles. The van der Waals surface area contributed by atoms with Crippen molar-refractivity contribution in [3.63, 3.8) is 0 Å². The molecule has 0 saturated carbocycles. The van der Waals surface area contributed by atoms with Crippen molar-refractivity contribution in [3.8, 4) is 5.75 Å². The van der Waals surface area contributed by atoms with Crippen LogP contribution in [0.4, 0.5) is 5.69 Å². The summed E-state index contributed by atoms with van der Waals surface area (Å²) >= 11 is 0. The molecule has 0 unspecified atom stereocenters. The van der Waals surface area contributed by atoms with E-state index in [0.29, 0.717) is 5.75 Å². The number of aromatic amines is 1. The molecule has 2 rings (SSSR count). The minimum Gasteiger partial charge on any atom is -0.495 e. The molecule has 0 aliphatic carbocycles. The van der Waals surface area contributed by atoms with Crippen LogP contribution in [0.1, 0.15) is 5.69 Å². The van der Waals surface area contributed by atoms with Gasteiger partial charge in [0, 0.05) is 6.20 Å². The van der Waals surface area contributed by atoms with E-state index in [0.717, 1.165) is 11.4 Å². The Morgan fingerprint density at radius 2 is 2.20 bits per heavy atom. The van der Waals surface area contributed by atoms with Gasteiger partial charge >= 0.3 is 0 Å². The average Bonchev–Trinajstić information content (AvgIpc) is 2.98. The maximum atomic E-state index is 11.6. The summed E-state index contributed by atoms with van der Waals surface area (Å²) in [5, 5.41) is 6.83. The number of hydrazone groups is 1. The van der Waals surface area contributed by atoms with Crippen molar-refractivity contribution >= 4 is 17.8 Å². The second-order valence-electron chi connectivity index (χ2n) is 3.97. The lowest BCUT2D eigenvalue weighted by atomic mass is 10.3. The van der Waals surface area contributed by atoms with Gasteiger partial charge in [0.15, 0.2) is 0 Å². The molecule has 1 heterocycles. The predicted molar refractivity (Wildman–Crippen MR) is 78.0 cm³/mol. The maximum Gasteiger partial charge on any atom is 0.259 e. The van der Waals surface area contributed by atoms with Crippen molar-refractivity contribution in [3.05, 3.63) is 48.3 Å². The second-order valence-corrected chi connectivity index (χ2v) is 3.97. The molecule has 104 valence electrons. The third-order valence-electron chi connectivity index (χ3n) is 2.56. The molecule has 1 amide bonds. The number of H-pyrrole nitrogens is 1. The summed E-state index contributed by atoms with van der Waals surface area (Å²) in [5.41, 5.74) is 4.02. The Labute approximate surface area is 116 Å². The Hall–Kier alpha value is -2.76. The highest BCUT2D eigenvalue weighted by Gasteiger charge is 2.03. The van der Waals surface area contributed by atoms with Gasteiger partial charge < -0.3 is 15.0 Å². The molecule has 6 nitrogen and oxygen atoms in total. The predicted octanol–water partition coefficient (Wildman–Crippen LogP) is 1.59. The third kappa shape index (κ3) is 3.88. The van der Waals surface area contributed by atoms with Crippen LogP contribution < -0.4 is 15.5 Å². The Morgan fingerprint density at radius 3 is 2.95 bits per heavy atom. The third-order valence-corrected chi connectivity index (χ3v) is 2.56. The molecule has 20 heavy (non-hydrogen) atoms. The Balaban J connectivity index is 1.80. The lowest BCUT2D eigenvalue weighted by Crippen LogP contribution is -2.26. The Bertz CT molecular complexity index is 579. The van der Waals surface area contributed by atoms with Crippen molar-refractivity contribution in [2.24, 2.45) is 5.10 Å². The van der Waals surface area contributed by atoms with Crippen LogP contribution in [-0.2, 0) is 4.79 Å². The zero-order chi connectivity index (χ0) is 14.2. The standard InChI is InChI=1S/C14H16N4O2/c1-20-13-7-3-2-6-12(13)16-10-14(19)18-17-9-11-5-4-8-15-11/h2-9,15-16H,10H2,1H3,(H,18,19). The van der Waals surface area contributed by atoms with Crippen LogP contribution in [0.5, 0.6) is 5.75 Å². The summed E-state index contributed by atoms with van der Waals surface area (Å²) < 4.78 is 5.18. The number of nitrogens with zero attached hydrogens (tertiary/aromatic N) is 1. The molecule has 0 radical (unpaired) electrons. The van der Waals surface area contributed by atoms with Crippen molar-refractivity contribution in [2.75, 3.05) is 19.0 Å². The first-order valence-electron chi connectivity index (χ1n) is 6.12. The lowest BCUT2D eigenvalue weighted by molar-refractivity contribution is -0.119. The summed E-state index contributed by atoms with van der Waals surface area (Å²) in [7, 11) is 1.58. The number of aromatic nitrogens is 1. The summed E-state index contributed by atoms with van der Waals surface area (Å²) in [4.78, 5) is 14.6. The van der Waals surface area contributed by atoms with E-state index in [1.54, 1.807) is 19.5 Å². The first kappa shape index (κ1) is 13.7. The summed E-state index contributed by atoms with van der Waals surface area (Å²) in [6.07, 6.45) is 3.33. The number of para-hydroxylation sites is 2. The van der Waals surface area contributed by atoms with E-state index < -0.39 is 0 Å². The normalized spacial score (nSPS) is 10.4. The number of anilines is 1. The van der Waals surface area contributed by atoms with Gasteiger partial charge in [0.05, 0.1) is 31.3 Å². The highest BCUT2D eigenvalue weighted by molar-refractivity contribution is 5.83. The van der Waals surface area contributed by atoms with Gasteiger partial charge in [-0.2, -0.15) is 5.10 Å². The van der Waals surface area contributed by atoms with E-state index in [9.17, 15) is 4.79 Å². The van der Waals surface area contributed by atoms with E-state index in [1.165, 1.54) is 0 Å². The van der Waals surface area contributed by atoms with E-state index in [-0.39, 0.29) is 12.5 Å². The zero-order valence-corrected chi connectivity index (χ0v) is 11.1. The van der Waals surface area contributed by atoms with Crippen LogP contribution >= 0.6 is 0 Å². The van der Waals surface area contributed by atoms with Gasteiger partial charge in [-0.05, 0) is 24.3 Å². The molecule has 0 spiro atoms. The highest BCUT2D eigenvalue weighted by atomic mass is 16.5. The zero-order valence-electron chi connectivity index (χ0n) is 11.1. The van der Waals surface area contributed by atoms with Crippen molar-refractivity contribution in [1.29, 1.82) is 0 Å². The molecule has 6 heteroatoms. The highest BCUT2D eigenvalue weighted by Crippen LogP contribution is 2.22. The first-order chi connectivity index (χ1) is 9.79. The molecular formula is C14H16N4O2. The van der Waals surface area contributed by atoms with Crippen molar-refractivity contribution in [1.82, 2.24) is 10.4 Å². The minimum atomic E-state index is -0.237. The monoisotopic (exact) mass is 272 g/mol. The van der Waals surface area contributed by atoms with Crippen LogP contribution in [0, 0.1) is 0 Å². The van der Waals surface area contributed by atoms with Gasteiger partial charge in [0.1, 0.15) is 5.75 Å². The molecule has 0 saturated heterocycles. The number of hydrogen-bond acceptors (Lipinski definition) is 4. The van der Waals surface area contributed by atoms with Gasteiger partial charge in [-0.25, -0.2) is 5.43 Å².